The maximum atomic E-state index is 13.2. The zero-order valence-electron chi connectivity index (χ0n) is 17.3. The van der Waals surface area contributed by atoms with Gasteiger partial charge in [0.15, 0.2) is 0 Å². The van der Waals surface area contributed by atoms with Crippen molar-refractivity contribution in [2.24, 2.45) is 5.92 Å². The van der Waals surface area contributed by atoms with Crippen LogP contribution in [0, 0.1) is 5.92 Å². The van der Waals surface area contributed by atoms with Crippen molar-refractivity contribution in [2.75, 3.05) is 39.3 Å². The lowest BCUT2D eigenvalue weighted by molar-refractivity contribution is -0.137. The van der Waals surface area contributed by atoms with Gasteiger partial charge >= 0.3 is 6.03 Å². The molecule has 3 aliphatic heterocycles. The molecule has 1 aromatic carbocycles. The highest BCUT2D eigenvalue weighted by molar-refractivity contribution is 6.07. The first-order valence-electron chi connectivity index (χ1n) is 10.8. The van der Waals surface area contributed by atoms with Gasteiger partial charge in [-0.15, -0.1) is 0 Å². The Bertz CT molecular complexity index is 784. The van der Waals surface area contributed by atoms with Crippen LogP contribution < -0.4 is 5.32 Å². The van der Waals surface area contributed by atoms with E-state index in [0.29, 0.717) is 32.5 Å². The molecule has 0 unspecified atom stereocenters. The van der Waals surface area contributed by atoms with Crippen LogP contribution in [0.4, 0.5) is 4.79 Å². The molecule has 30 heavy (non-hydrogen) atoms. The third-order valence-corrected chi connectivity index (χ3v) is 6.75. The van der Waals surface area contributed by atoms with E-state index >= 15 is 0 Å². The molecule has 8 nitrogen and oxygen atoms in total. The maximum absolute atomic E-state index is 13.2. The van der Waals surface area contributed by atoms with Gasteiger partial charge in [-0.2, -0.15) is 0 Å². The van der Waals surface area contributed by atoms with Crippen LogP contribution >= 0.6 is 0 Å². The lowest BCUT2D eigenvalue weighted by Crippen LogP contribution is -2.54. The molecule has 0 aromatic heterocycles. The van der Waals surface area contributed by atoms with Crippen LogP contribution in [-0.2, 0) is 16.1 Å². The number of amides is 4. The molecule has 0 radical (unpaired) electrons. The number of benzene rings is 1. The summed E-state index contributed by atoms with van der Waals surface area (Å²) >= 11 is 0. The van der Waals surface area contributed by atoms with Crippen molar-refractivity contribution in [3.05, 3.63) is 35.9 Å². The van der Waals surface area contributed by atoms with Crippen molar-refractivity contribution in [2.45, 2.75) is 37.8 Å². The van der Waals surface area contributed by atoms with Gasteiger partial charge in [-0.3, -0.25) is 19.4 Å². The van der Waals surface area contributed by atoms with Crippen LogP contribution in [0.15, 0.2) is 30.3 Å². The second kappa shape index (κ2) is 8.73. The summed E-state index contributed by atoms with van der Waals surface area (Å²) in [6.07, 6.45) is 2.73. The minimum absolute atomic E-state index is 0.0966. The van der Waals surface area contributed by atoms with Gasteiger partial charge in [0.2, 0.25) is 5.91 Å². The third kappa shape index (κ3) is 4.20. The first-order valence-corrected chi connectivity index (χ1v) is 10.8. The molecule has 4 amide bonds. The normalized spacial score (nSPS) is 22.6. The molecule has 2 N–H and O–H groups in total. The average Bonchev–Trinajstić information content (AvgIpc) is 3.00. The summed E-state index contributed by atoms with van der Waals surface area (Å²) in [7, 11) is 0. The van der Waals surface area contributed by atoms with E-state index in [-0.39, 0.29) is 23.8 Å². The molecule has 162 valence electrons. The molecule has 3 saturated heterocycles. The number of aliphatic hydroxyl groups excluding tert-OH is 1. The predicted octanol–water partition coefficient (Wildman–Crippen LogP) is 0.804. The van der Waals surface area contributed by atoms with E-state index in [9.17, 15) is 14.4 Å². The van der Waals surface area contributed by atoms with Gasteiger partial charge in [-0.05, 0) is 37.2 Å². The van der Waals surface area contributed by atoms with Gasteiger partial charge in [0.25, 0.3) is 5.91 Å². The Balaban J connectivity index is 1.31. The number of likely N-dealkylation sites (tertiary alicyclic amines) is 2. The highest BCUT2D eigenvalue weighted by atomic mass is 16.3. The molecule has 0 aliphatic carbocycles. The number of nitrogens with one attached hydrogen (secondary N) is 1. The summed E-state index contributed by atoms with van der Waals surface area (Å²) in [4.78, 5) is 42.8. The van der Waals surface area contributed by atoms with Crippen LogP contribution in [0.3, 0.4) is 0 Å². The highest BCUT2D eigenvalue weighted by Crippen LogP contribution is 2.31. The van der Waals surface area contributed by atoms with Crippen molar-refractivity contribution in [1.29, 1.82) is 0 Å². The van der Waals surface area contributed by atoms with E-state index in [1.165, 1.54) is 10.5 Å². The number of carbonyl (C=O) groups excluding carboxylic acids is 3. The first kappa shape index (κ1) is 20.8. The lowest BCUT2D eigenvalue weighted by Gasteiger charge is -2.37. The molecule has 3 aliphatic rings. The number of rotatable bonds is 5. The Hall–Kier alpha value is -2.45. The van der Waals surface area contributed by atoms with Gasteiger partial charge in [-0.25, -0.2) is 4.79 Å². The highest BCUT2D eigenvalue weighted by Gasteiger charge is 2.52. The summed E-state index contributed by atoms with van der Waals surface area (Å²) in [6, 6.07) is 9.99. The van der Waals surface area contributed by atoms with E-state index in [2.05, 4.69) is 22.3 Å². The van der Waals surface area contributed by atoms with Crippen LogP contribution in [0.5, 0.6) is 0 Å². The Labute approximate surface area is 176 Å². The van der Waals surface area contributed by atoms with Crippen molar-refractivity contribution in [1.82, 2.24) is 20.0 Å². The standard InChI is InChI=1S/C22H30N4O4/c27-16-19(28)25-10-6-18(7-11-25)15-26-20(29)22(23-21(26)30)8-12-24(13-9-22)14-17-4-2-1-3-5-17/h1-5,18,27H,6-16H2,(H,23,30). The van der Waals surface area contributed by atoms with Crippen LogP contribution in [0.1, 0.15) is 31.2 Å². The number of hydrogen-bond acceptors (Lipinski definition) is 5. The zero-order valence-corrected chi connectivity index (χ0v) is 17.3. The Morgan fingerprint density at radius 2 is 1.73 bits per heavy atom. The Kier molecular flexibility index (Phi) is 6.06. The van der Waals surface area contributed by atoms with Gasteiger partial charge < -0.3 is 15.3 Å². The fourth-order valence-corrected chi connectivity index (χ4v) is 4.84. The zero-order chi connectivity index (χ0) is 21.1. The van der Waals surface area contributed by atoms with E-state index in [1.807, 2.05) is 18.2 Å². The average molecular weight is 415 g/mol. The molecular weight excluding hydrogens is 384 g/mol. The summed E-state index contributed by atoms with van der Waals surface area (Å²) in [5.41, 5.74) is 0.487. The van der Waals surface area contributed by atoms with Gasteiger partial charge in [0.1, 0.15) is 12.1 Å². The maximum Gasteiger partial charge on any atom is 0.325 e. The quantitative estimate of drug-likeness (QED) is 0.696. The minimum Gasteiger partial charge on any atom is -0.387 e. The second-order valence-corrected chi connectivity index (χ2v) is 8.67. The number of nitrogens with zero attached hydrogens (tertiary/aromatic N) is 3. The molecule has 3 fully saturated rings. The van der Waals surface area contributed by atoms with Crippen molar-refractivity contribution in [3.63, 3.8) is 0 Å². The number of urea groups is 1. The third-order valence-electron chi connectivity index (χ3n) is 6.75. The number of piperidine rings is 2. The van der Waals surface area contributed by atoms with Crippen LogP contribution in [0.25, 0.3) is 0 Å². The molecule has 1 aromatic rings. The minimum atomic E-state index is -0.766. The molecule has 3 heterocycles. The largest absolute Gasteiger partial charge is 0.387 e. The number of hydrogen-bond donors (Lipinski definition) is 2. The molecule has 8 heteroatoms. The molecule has 1 spiro atoms. The van der Waals surface area contributed by atoms with Gasteiger partial charge in [-0.1, -0.05) is 30.3 Å². The molecule has 0 saturated carbocycles. The van der Waals surface area contributed by atoms with Gasteiger partial charge in [0, 0.05) is 39.3 Å². The fraction of sp³-hybridized carbons (Fsp3) is 0.591. The Morgan fingerprint density at radius 1 is 1.07 bits per heavy atom. The SMILES string of the molecule is O=C(CO)N1CCC(CN2C(=O)NC3(CCN(Cc4ccccc4)CC3)C2=O)CC1. The fourth-order valence-electron chi connectivity index (χ4n) is 4.84. The number of carbonyl (C=O) groups is 3. The Morgan fingerprint density at radius 3 is 2.37 bits per heavy atom. The van der Waals surface area contributed by atoms with Gasteiger partial charge in [0.05, 0.1) is 0 Å². The topological polar surface area (TPSA) is 93.2 Å². The smallest absolute Gasteiger partial charge is 0.325 e. The summed E-state index contributed by atoms with van der Waals surface area (Å²) in [5, 5.41) is 12.0. The first-order chi connectivity index (χ1) is 14.5. The predicted molar refractivity (Wildman–Crippen MR) is 110 cm³/mol. The lowest BCUT2D eigenvalue weighted by atomic mass is 9.87. The molecular formula is C22H30N4O4. The van der Waals surface area contributed by atoms with E-state index in [1.54, 1.807) is 4.90 Å². The number of imide groups is 1. The van der Waals surface area contributed by atoms with E-state index in [0.717, 1.165) is 32.5 Å². The summed E-state index contributed by atoms with van der Waals surface area (Å²) < 4.78 is 0. The van der Waals surface area contributed by atoms with Crippen molar-refractivity contribution in [3.8, 4) is 0 Å². The molecule has 0 atom stereocenters. The van der Waals surface area contributed by atoms with Crippen LogP contribution in [-0.4, -0.2) is 82.5 Å². The molecule has 4 rings (SSSR count). The van der Waals surface area contributed by atoms with Crippen LogP contribution in [0.2, 0.25) is 0 Å². The van der Waals surface area contributed by atoms with E-state index in [4.69, 9.17) is 5.11 Å². The van der Waals surface area contributed by atoms with E-state index < -0.39 is 12.1 Å². The van der Waals surface area contributed by atoms with Crippen molar-refractivity contribution < 1.29 is 19.5 Å². The second-order valence-electron chi connectivity index (χ2n) is 8.67. The molecule has 0 bridgehead atoms. The monoisotopic (exact) mass is 414 g/mol. The van der Waals surface area contributed by atoms with Crippen molar-refractivity contribution >= 4 is 17.8 Å². The summed E-state index contributed by atoms with van der Waals surface area (Å²) in [6.45, 7) is 3.46. The summed E-state index contributed by atoms with van der Waals surface area (Å²) in [5.74, 6) is -0.166. The number of aliphatic hydroxyl groups is 1.